The normalized spacial score (nSPS) is 14.2. The number of hydrogen-bond donors (Lipinski definition) is 1. The number of anilines is 1. The van der Waals surface area contributed by atoms with E-state index >= 15 is 0 Å². The second kappa shape index (κ2) is 6.56. The van der Waals surface area contributed by atoms with Gasteiger partial charge in [-0.1, -0.05) is 6.92 Å². The molecule has 2 heterocycles. The maximum absolute atomic E-state index is 4.78. The summed E-state index contributed by atoms with van der Waals surface area (Å²) >= 11 is 5.90. The van der Waals surface area contributed by atoms with Gasteiger partial charge in [0, 0.05) is 23.1 Å². The van der Waals surface area contributed by atoms with E-state index in [4.69, 9.17) is 4.98 Å². The summed E-state index contributed by atoms with van der Waals surface area (Å²) in [6.07, 6.45) is 5.30. The van der Waals surface area contributed by atoms with Crippen molar-refractivity contribution in [2.24, 2.45) is 0 Å². The van der Waals surface area contributed by atoms with Gasteiger partial charge >= 0.3 is 0 Å². The van der Waals surface area contributed by atoms with Crippen LogP contribution in [0.3, 0.4) is 0 Å². The highest BCUT2D eigenvalue weighted by atomic mass is 127. The van der Waals surface area contributed by atoms with E-state index in [0.29, 0.717) is 11.7 Å². The van der Waals surface area contributed by atoms with Gasteiger partial charge in [-0.3, -0.25) is 4.98 Å². The Hall–Kier alpha value is -0.760. The molecule has 0 saturated heterocycles. The Labute approximate surface area is 146 Å². The zero-order chi connectivity index (χ0) is 14.8. The summed E-state index contributed by atoms with van der Waals surface area (Å²) in [6.45, 7) is 3.07. The van der Waals surface area contributed by atoms with Crippen LogP contribution in [-0.2, 0) is 0 Å². The Morgan fingerprint density at radius 3 is 2.86 bits per heavy atom. The third-order valence-electron chi connectivity index (χ3n) is 3.35. The van der Waals surface area contributed by atoms with E-state index in [1.165, 1.54) is 12.8 Å². The molecule has 0 unspecified atom stereocenters. The fourth-order valence-corrected chi connectivity index (χ4v) is 3.41. The second-order valence-electron chi connectivity index (χ2n) is 5.13. The molecule has 6 heteroatoms. The van der Waals surface area contributed by atoms with Crippen LogP contribution in [0.1, 0.15) is 37.8 Å². The second-order valence-corrected chi connectivity index (χ2v) is 7.06. The highest BCUT2D eigenvalue weighted by Crippen LogP contribution is 2.43. The van der Waals surface area contributed by atoms with E-state index in [2.05, 4.69) is 60.7 Å². The van der Waals surface area contributed by atoms with Crippen molar-refractivity contribution >= 4 is 44.3 Å². The van der Waals surface area contributed by atoms with Gasteiger partial charge in [0.15, 0.2) is 5.82 Å². The molecule has 0 spiro atoms. The van der Waals surface area contributed by atoms with Crippen molar-refractivity contribution in [2.45, 2.75) is 32.1 Å². The Morgan fingerprint density at radius 1 is 1.38 bits per heavy atom. The van der Waals surface area contributed by atoms with Gasteiger partial charge < -0.3 is 5.32 Å². The highest BCUT2D eigenvalue weighted by Gasteiger charge is 2.30. The van der Waals surface area contributed by atoms with E-state index in [0.717, 1.165) is 38.2 Å². The lowest BCUT2D eigenvalue weighted by molar-refractivity contribution is 0.935. The SMILES string of the molecule is CCCNc1nc(-c2ncccc2Br)nc(C2CC2)c1I. The monoisotopic (exact) mass is 458 g/mol. The van der Waals surface area contributed by atoms with Crippen molar-refractivity contribution in [2.75, 3.05) is 11.9 Å². The predicted octanol–water partition coefficient (Wildman–Crippen LogP) is 4.61. The van der Waals surface area contributed by atoms with Crippen molar-refractivity contribution < 1.29 is 0 Å². The van der Waals surface area contributed by atoms with Gasteiger partial charge in [-0.15, -0.1) is 0 Å². The number of aromatic nitrogens is 3. The summed E-state index contributed by atoms with van der Waals surface area (Å²) in [5.41, 5.74) is 1.96. The van der Waals surface area contributed by atoms with Crippen LogP contribution in [0.15, 0.2) is 22.8 Å². The fraction of sp³-hybridized carbons (Fsp3) is 0.400. The standard InChI is InChI=1S/C15H16BrIN4/c1-2-7-19-14-11(17)12(9-5-6-9)20-15(21-14)13-10(16)4-3-8-18-13/h3-4,8-9H,2,5-7H2,1H3,(H,19,20,21). The van der Waals surface area contributed by atoms with Crippen molar-refractivity contribution in [1.82, 2.24) is 15.0 Å². The summed E-state index contributed by atoms with van der Waals surface area (Å²) < 4.78 is 2.08. The van der Waals surface area contributed by atoms with E-state index in [1.807, 2.05) is 12.1 Å². The van der Waals surface area contributed by atoms with Crippen LogP contribution in [0.2, 0.25) is 0 Å². The molecule has 0 amide bonds. The molecule has 0 atom stereocenters. The van der Waals surface area contributed by atoms with Crippen LogP contribution >= 0.6 is 38.5 Å². The molecule has 21 heavy (non-hydrogen) atoms. The van der Waals surface area contributed by atoms with Crippen molar-refractivity contribution in [3.8, 4) is 11.5 Å². The van der Waals surface area contributed by atoms with E-state index in [-0.39, 0.29) is 0 Å². The van der Waals surface area contributed by atoms with Crippen LogP contribution in [0, 0.1) is 3.57 Å². The summed E-state index contributed by atoms with van der Waals surface area (Å²) in [5, 5.41) is 3.41. The molecule has 3 rings (SSSR count). The average molecular weight is 459 g/mol. The minimum Gasteiger partial charge on any atom is -0.369 e. The number of hydrogen-bond acceptors (Lipinski definition) is 4. The van der Waals surface area contributed by atoms with Gasteiger partial charge in [0.25, 0.3) is 0 Å². The van der Waals surface area contributed by atoms with Gasteiger partial charge in [0.05, 0.1) is 9.26 Å². The molecule has 0 bridgehead atoms. The number of nitrogens with zero attached hydrogens (tertiary/aromatic N) is 3. The molecule has 1 saturated carbocycles. The molecule has 2 aromatic heterocycles. The van der Waals surface area contributed by atoms with Gasteiger partial charge in [0.2, 0.25) is 0 Å². The van der Waals surface area contributed by atoms with Crippen LogP contribution in [0.4, 0.5) is 5.82 Å². The Morgan fingerprint density at radius 2 is 2.19 bits per heavy atom. The topological polar surface area (TPSA) is 50.7 Å². The molecule has 0 aliphatic heterocycles. The average Bonchev–Trinajstić information content (AvgIpc) is 3.31. The Balaban J connectivity index is 2.08. The van der Waals surface area contributed by atoms with Crippen LogP contribution < -0.4 is 5.32 Å². The maximum Gasteiger partial charge on any atom is 0.181 e. The van der Waals surface area contributed by atoms with E-state index in [1.54, 1.807) is 6.20 Å². The molecule has 0 aromatic carbocycles. The molecule has 4 nitrogen and oxygen atoms in total. The molecule has 110 valence electrons. The highest BCUT2D eigenvalue weighted by molar-refractivity contribution is 14.1. The van der Waals surface area contributed by atoms with Gasteiger partial charge in [-0.25, -0.2) is 9.97 Å². The van der Waals surface area contributed by atoms with Gasteiger partial charge in [-0.05, 0) is 69.9 Å². The van der Waals surface area contributed by atoms with Crippen molar-refractivity contribution in [3.05, 3.63) is 32.1 Å². The lowest BCUT2D eigenvalue weighted by Crippen LogP contribution is -2.09. The van der Waals surface area contributed by atoms with E-state index < -0.39 is 0 Å². The summed E-state index contributed by atoms with van der Waals surface area (Å²) in [6, 6.07) is 3.87. The number of nitrogens with one attached hydrogen (secondary N) is 1. The summed E-state index contributed by atoms with van der Waals surface area (Å²) in [5.74, 6) is 2.22. The first-order chi connectivity index (χ1) is 10.2. The first-order valence-corrected chi connectivity index (χ1v) is 9.00. The smallest absolute Gasteiger partial charge is 0.181 e. The minimum atomic E-state index is 0.586. The largest absolute Gasteiger partial charge is 0.369 e. The molecular formula is C15H16BrIN4. The van der Waals surface area contributed by atoms with E-state index in [9.17, 15) is 0 Å². The first kappa shape index (κ1) is 15.1. The quantitative estimate of drug-likeness (QED) is 0.665. The summed E-state index contributed by atoms with van der Waals surface area (Å²) in [7, 11) is 0. The minimum absolute atomic E-state index is 0.586. The molecule has 1 aliphatic carbocycles. The number of pyridine rings is 1. The first-order valence-electron chi connectivity index (χ1n) is 7.13. The Kier molecular flexibility index (Phi) is 4.73. The lowest BCUT2D eigenvalue weighted by Gasteiger charge is -2.12. The molecule has 2 aromatic rings. The van der Waals surface area contributed by atoms with Gasteiger partial charge in [-0.2, -0.15) is 0 Å². The number of rotatable bonds is 5. The Bertz CT molecular complexity index is 658. The zero-order valence-corrected chi connectivity index (χ0v) is 15.5. The maximum atomic E-state index is 4.78. The van der Waals surface area contributed by atoms with Crippen LogP contribution in [0.5, 0.6) is 0 Å². The van der Waals surface area contributed by atoms with Crippen molar-refractivity contribution in [3.63, 3.8) is 0 Å². The molecule has 1 aliphatic rings. The zero-order valence-electron chi connectivity index (χ0n) is 11.7. The third kappa shape index (κ3) is 3.36. The van der Waals surface area contributed by atoms with Gasteiger partial charge in [0.1, 0.15) is 11.5 Å². The summed E-state index contributed by atoms with van der Waals surface area (Å²) in [4.78, 5) is 13.9. The molecule has 1 N–H and O–H groups in total. The lowest BCUT2D eigenvalue weighted by atomic mass is 10.2. The third-order valence-corrected chi connectivity index (χ3v) is 5.06. The van der Waals surface area contributed by atoms with Crippen LogP contribution in [0.25, 0.3) is 11.5 Å². The van der Waals surface area contributed by atoms with Crippen LogP contribution in [-0.4, -0.2) is 21.5 Å². The number of halogens is 2. The molecule has 1 fully saturated rings. The molecular weight excluding hydrogens is 443 g/mol. The fourth-order valence-electron chi connectivity index (χ4n) is 2.11. The predicted molar refractivity (Wildman–Crippen MR) is 96.4 cm³/mol. The van der Waals surface area contributed by atoms with Crippen molar-refractivity contribution in [1.29, 1.82) is 0 Å². The molecule has 0 radical (unpaired) electrons.